The third kappa shape index (κ3) is 4.62. The van der Waals surface area contributed by atoms with Gasteiger partial charge in [0.1, 0.15) is 13.2 Å². The second kappa shape index (κ2) is 7.87. The van der Waals surface area contributed by atoms with Crippen LogP contribution in [-0.2, 0) is 32.6 Å². The van der Waals surface area contributed by atoms with E-state index in [0.717, 1.165) is 21.3 Å². The fraction of sp³-hybridized carbons (Fsp3) is 0.375. The first kappa shape index (κ1) is 18.6. The average molecular weight is 368 g/mol. The van der Waals surface area contributed by atoms with Crippen LogP contribution < -0.4 is 0 Å². The van der Waals surface area contributed by atoms with E-state index in [9.17, 15) is 13.2 Å². The molecule has 0 aliphatic carbocycles. The highest BCUT2D eigenvalue weighted by atomic mass is 32.2. The molecule has 0 atom stereocenters. The zero-order valence-corrected chi connectivity index (χ0v) is 15.5. The molecule has 2 rings (SSSR count). The van der Waals surface area contributed by atoms with Gasteiger partial charge in [-0.1, -0.05) is 24.6 Å². The number of carbonyl (C=O) groups excluding carboxylic acids is 1. The van der Waals surface area contributed by atoms with Crippen molar-refractivity contribution in [1.82, 2.24) is 9.29 Å². The monoisotopic (exact) mass is 368 g/mol. The van der Waals surface area contributed by atoms with E-state index in [2.05, 4.69) is 4.98 Å². The summed E-state index contributed by atoms with van der Waals surface area (Å²) in [4.78, 5) is 16.3. The van der Waals surface area contributed by atoms with Crippen LogP contribution >= 0.6 is 11.3 Å². The Bertz CT molecular complexity index is 798. The second-order valence-electron chi connectivity index (χ2n) is 5.32. The van der Waals surface area contributed by atoms with E-state index in [4.69, 9.17) is 4.74 Å². The largest absolute Gasteiger partial charge is 0.458 e. The molecule has 8 heteroatoms. The van der Waals surface area contributed by atoms with Crippen LogP contribution in [0.2, 0.25) is 0 Å². The fourth-order valence-electron chi connectivity index (χ4n) is 1.93. The topological polar surface area (TPSA) is 76.6 Å². The van der Waals surface area contributed by atoms with Crippen molar-refractivity contribution < 1.29 is 17.9 Å². The zero-order chi connectivity index (χ0) is 17.7. The third-order valence-corrected chi connectivity index (χ3v) is 6.22. The van der Waals surface area contributed by atoms with Crippen molar-refractivity contribution in [3.05, 3.63) is 45.9 Å². The van der Waals surface area contributed by atoms with Gasteiger partial charge < -0.3 is 4.74 Å². The molecule has 130 valence electrons. The quantitative estimate of drug-likeness (QED) is 0.701. The molecule has 1 aromatic heterocycles. The van der Waals surface area contributed by atoms with Gasteiger partial charge in [-0.3, -0.25) is 4.79 Å². The number of nitrogens with zero attached hydrogens (tertiary/aromatic N) is 2. The molecular formula is C16H20N2O4S2. The minimum Gasteiger partial charge on any atom is -0.458 e. The number of aromatic nitrogens is 1. The van der Waals surface area contributed by atoms with Crippen molar-refractivity contribution in [3.8, 4) is 0 Å². The summed E-state index contributed by atoms with van der Waals surface area (Å²) in [7, 11) is -2.36. The summed E-state index contributed by atoms with van der Waals surface area (Å²) in [6.45, 7) is 3.58. The van der Waals surface area contributed by atoms with Crippen LogP contribution in [0.5, 0.6) is 0 Å². The first-order chi connectivity index (χ1) is 11.3. The number of likely N-dealkylation sites (N-methyl/N-ethyl adjacent to an activating group) is 1. The van der Waals surface area contributed by atoms with Gasteiger partial charge in [0, 0.05) is 12.4 Å². The van der Waals surface area contributed by atoms with Crippen LogP contribution in [0.4, 0.5) is 0 Å². The highest BCUT2D eigenvalue weighted by Crippen LogP contribution is 2.15. The normalized spacial score (nSPS) is 11.7. The average Bonchev–Trinajstić information content (AvgIpc) is 3.01. The fourth-order valence-corrected chi connectivity index (χ4v) is 3.78. The van der Waals surface area contributed by atoms with Gasteiger partial charge in [-0.15, -0.1) is 11.3 Å². The van der Waals surface area contributed by atoms with Crippen molar-refractivity contribution in [1.29, 1.82) is 0 Å². The number of esters is 1. The summed E-state index contributed by atoms with van der Waals surface area (Å²) >= 11 is 1.51. The molecular weight excluding hydrogens is 348 g/mol. The summed E-state index contributed by atoms with van der Waals surface area (Å²) in [5.74, 6) is -0.612. The summed E-state index contributed by atoms with van der Waals surface area (Å²) in [6.07, 6.45) is 0.830. The van der Waals surface area contributed by atoms with Crippen molar-refractivity contribution >= 4 is 27.3 Å². The summed E-state index contributed by atoms with van der Waals surface area (Å²) < 4.78 is 30.9. The molecule has 0 aliphatic rings. The minimum atomic E-state index is -3.71. The van der Waals surface area contributed by atoms with E-state index < -0.39 is 16.0 Å². The number of benzene rings is 1. The first-order valence-corrected chi connectivity index (χ1v) is 9.76. The molecule has 0 amide bonds. The summed E-state index contributed by atoms with van der Waals surface area (Å²) in [5, 5.41) is 2.80. The molecule has 6 nitrogen and oxygen atoms in total. The van der Waals surface area contributed by atoms with Gasteiger partial charge in [0.15, 0.2) is 0 Å². The van der Waals surface area contributed by atoms with Gasteiger partial charge in [-0.25, -0.2) is 13.4 Å². The van der Waals surface area contributed by atoms with Gasteiger partial charge in [-0.2, -0.15) is 4.31 Å². The Hall–Kier alpha value is -1.77. The molecule has 0 spiro atoms. The predicted molar refractivity (Wildman–Crippen MR) is 92.3 cm³/mol. The van der Waals surface area contributed by atoms with E-state index in [-0.39, 0.29) is 18.0 Å². The number of rotatable bonds is 7. The number of ether oxygens (including phenoxy) is 1. The maximum Gasteiger partial charge on any atom is 0.321 e. The van der Waals surface area contributed by atoms with Crippen LogP contribution in [0.25, 0.3) is 0 Å². The third-order valence-electron chi connectivity index (χ3n) is 3.36. The van der Waals surface area contributed by atoms with Crippen molar-refractivity contribution in [2.45, 2.75) is 31.8 Å². The summed E-state index contributed by atoms with van der Waals surface area (Å²) in [5.41, 5.74) is 1.64. The van der Waals surface area contributed by atoms with E-state index in [1.165, 1.54) is 30.5 Å². The maximum absolute atomic E-state index is 12.4. The zero-order valence-electron chi connectivity index (χ0n) is 13.9. The number of thiazole rings is 1. The van der Waals surface area contributed by atoms with E-state index in [1.54, 1.807) is 12.1 Å². The molecule has 1 heterocycles. The molecule has 0 N–H and O–H groups in total. The molecule has 0 radical (unpaired) electrons. The number of hydrogen-bond donors (Lipinski definition) is 0. The molecule has 0 saturated carbocycles. The number of aryl methyl sites for hydroxylation is 2. The molecule has 2 aromatic rings. The standard InChI is InChI=1S/C16H20N2O4S2/c1-4-15-17-13(11-23-15)10-22-16(19)9-18(3)24(20,21)14-7-5-12(2)6-8-14/h5-8,11H,4,9-10H2,1-3H3. The molecule has 0 saturated heterocycles. The smallest absolute Gasteiger partial charge is 0.321 e. The van der Waals surface area contributed by atoms with Crippen LogP contribution in [0.3, 0.4) is 0 Å². The Morgan fingerprint density at radius 3 is 2.54 bits per heavy atom. The van der Waals surface area contributed by atoms with E-state index >= 15 is 0 Å². The van der Waals surface area contributed by atoms with Gasteiger partial charge in [-0.05, 0) is 25.5 Å². The molecule has 0 fully saturated rings. The van der Waals surface area contributed by atoms with Gasteiger partial charge in [0.05, 0.1) is 15.6 Å². The van der Waals surface area contributed by atoms with Crippen LogP contribution in [0.15, 0.2) is 34.5 Å². The van der Waals surface area contributed by atoms with Crippen molar-refractivity contribution in [3.63, 3.8) is 0 Å². The van der Waals surface area contributed by atoms with E-state index in [0.29, 0.717) is 5.69 Å². The van der Waals surface area contributed by atoms with Crippen LogP contribution in [0.1, 0.15) is 23.2 Å². The highest BCUT2D eigenvalue weighted by Gasteiger charge is 2.23. The molecule has 0 bridgehead atoms. The number of hydrogen-bond acceptors (Lipinski definition) is 6. The molecule has 0 unspecified atom stereocenters. The molecule has 0 aliphatic heterocycles. The predicted octanol–water partition coefficient (Wildman–Crippen LogP) is 2.38. The maximum atomic E-state index is 12.4. The molecule has 1 aromatic carbocycles. The second-order valence-corrected chi connectivity index (χ2v) is 8.31. The Kier molecular flexibility index (Phi) is 6.09. The summed E-state index contributed by atoms with van der Waals surface area (Å²) in [6, 6.07) is 6.47. The number of carbonyl (C=O) groups is 1. The van der Waals surface area contributed by atoms with Crippen LogP contribution in [0, 0.1) is 6.92 Å². The Labute approximate surface area is 146 Å². The lowest BCUT2D eigenvalue weighted by molar-refractivity contribution is -0.145. The van der Waals surface area contributed by atoms with Crippen molar-refractivity contribution in [2.75, 3.05) is 13.6 Å². The first-order valence-electron chi connectivity index (χ1n) is 7.45. The molecule has 24 heavy (non-hydrogen) atoms. The lowest BCUT2D eigenvalue weighted by atomic mass is 10.2. The van der Waals surface area contributed by atoms with Gasteiger partial charge in [0.25, 0.3) is 0 Å². The minimum absolute atomic E-state index is 0.0494. The Balaban J connectivity index is 1.93. The lowest BCUT2D eigenvalue weighted by Crippen LogP contribution is -2.33. The van der Waals surface area contributed by atoms with Crippen molar-refractivity contribution in [2.24, 2.45) is 0 Å². The van der Waals surface area contributed by atoms with Gasteiger partial charge in [0.2, 0.25) is 10.0 Å². The number of sulfonamides is 1. The Morgan fingerprint density at radius 2 is 1.96 bits per heavy atom. The Morgan fingerprint density at radius 1 is 1.29 bits per heavy atom. The van der Waals surface area contributed by atoms with Crippen LogP contribution in [-0.4, -0.2) is 37.3 Å². The SMILES string of the molecule is CCc1nc(COC(=O)CN(C)S(=O)(=O)c2ccc(C)cc2)cs1. The van der Waals surface area contributed by atoms with E-state index in [1.807, 2.05) is 19.2 Å². The highest BCUT2D eigenvalue weighted by molar-refractivity contribution is 7.89. The lowest BCUT2D eigenvalue weighted by Gasteiger charge is -2.16. The van der Waals surface area contributed by atoms with Gasteiger partial charge >= 0.3 is 5.97 Å².